The molecule has 0 spiro atoms. The smallest absolute Gasteiger partial charge is 0.331 e. The normalized spacial score (nSPS) is 12.5. The molecule has 0 bridgehead atoms. The highest BCUT2D eigenvalue weighted by Crippen LogP contribution is 2.16. The third kappa shape index (κ3) is 5.21. The van der Waals surface area contributed by atoms with Crippen molar-refractivity contribution >= 4 is 17.7 Å². The summed E-state index contributed by atoms with van der Waals surface area (Å²) < 4.78 is 0. The van der Waals surface area contributed by atoms with Crippen molar-refractivity contribution in [2.75, 3.05) is 12.4 Å². The lowest BCUT2D eigenvalue weighted by Crippen LogP contribution is -2.06. The van der Waals surface area contributed by atoms with Gasteiger partial charge in [-0.15, -0.1) is 0 Å². The van der Waals surface area contributed by atoms with Crippen molar-refractivity contribution in [3.8, 4) is 0 Å². The molecule has 0 fully saturated rings. The van der Waals surface area contributed by atoms with E-state index < -0.39 is 5.97 Å². The number of aliphatic hydroxyl groups excluding tert-OH is 1. The van der Waals surface area contributed by atoms with Crippen molar-refractivity contribution in [3.63, 3.8) is 0 Å². The van der Waals surface area contributed by atoms with Gasteiger partial charge < -0.3 is 10.2 Å². The molecular weight excluding hydrogens is 176 g/mol. The molecule has 3 nitrogen and oxygen atoms in total. The van der Waals surface area contributed by atoms with E-state index in [0.717, 1.165) is 0 Å². The van der Waals surface area contributed by atoms with Gasteiger partial charge in [-0.05, 0) is 6.42 Å². The van der Waals surface area contributed by atoms with Crippen LogP contribution in [-0.2, 0) is 4.79 Å². The third-order valence-corrected chi connectivity index (χ3v) is 2.70. The molecule has 0 aromatic heterocycles. The van der Waals surface area contributed by atoms with Crippen molar-refractivity contribution in [2.24, 2.45) is 0 Å². The minimum absolute atomic E-state index is 0.147. The van der Waals surface area contributed by atoms with Gasteiger partial charge in [0, 0.05) is 23.2 Å². The van der Waals surface area contributed by atoms with E-state index in [1.165, 1.54) is 11.8 Å². The molecule has 0 aromatic rings. The van der Waals surface area contributed by atoms with Crippen molar-refractivity contribution in [1.82, 2.24) is 0 Å². The highest BCUT2D eigenvalue weighted by atomic mass is 32.2. The fourth-order valence-electron chi connectivity index (χ4n) is 0.570. The molecule has 0 amide bonds. The molecule has 2 N–H and O–H groups in total. The Morgan fingerprint density at radius 2 is 2.25 bits per heavy atom. The summed E-state index contributed by atoms with van der Waals surface area (Å²) in [7, 11) is 0. The Morgan fingerprint density at radius 3 is 2.67 bits per heavy atom. The van der Waals surface area contributed by atoms with Gasteiger partial charge in [-0.1, -0.05) is 13.5 Å². The van der Waals surface area contributed by atoms with Gasteiger partial charge in [-0.3, -0.25) is 0 Å². The van der Waals surface area contributed by atoms with Gasteiger partial charge in [0.1, 0.15) is 0 Å². The van der Waals surface area contributed by atoms with E-state index in [9.17, 15) is 4.79 Å². The van der Waals surface area contributed by atoms with Crippen LogP contribution in [0.1, 0.15) is 13.3 Å². The molecule has 0 saturated carbocycles. The Balaban J connectivity index is 3.54. The Labute approximate surface area is 76.5 Å². The number of thioether (sulfide) groups is 1. The number of aliphatic carboxylic acids is 1. The van der Waals surface area contributed by atoms with Gasteiger partial charge in [0.2, 0.25) is 0 Å². The van der Waals surface area contributed by atoms with Crippen LogP contribution in [0.4, 0.5) is 0 Å². The van der Waals surface area contributed by atoms with Gasteiger partial charge >= 0.3 is 5.97 Å². The number of rotatable bonds is 6. The summed E-state index contributed by atoms with van der Waals surface area (Å²) >= 11 is 1.50. The van der Waals surface area contributed by atoms with E-state index in [-0.39, 0.29) is 17.4 Å². The molecule has 0 aliphatic carbocycles. The second-order valence-electron chi connectivity index (χ2n) is 2.54. The predicted molar refractivity (Wildman–Crippen MR) is 50.4 cm³/mol. The highest BCUT2D eigenvalue weighted by molar-refractivity contribution is 8.00. The molecule has 0 saturated heterocycles. The number of carboxylic acid groups (broad SMARTS) is 1. The second kappa shape index (κ2) is 6.08. The van der Waals surface area contributed by atoms with Crippen LogP contribution < -0.4 is 0 Å². The van der Waals surface area contributed by atoms with Crippen LogP contribution in [0.25, 0.3) is 0 Å². The molecule has 0 aromatic carbocycles. The lowest BCUT2D eigenvalue weighted by atomic mass is 10.3. The Bertz CT molecular complexity index is 168. The minimum Gasteiger partial charge on any atom is -0.478 e. The minimum atomic E-state index is -0.946. The summed E-state index contributed by atoms with van der Waals surface area (Å²) in [4.78, 5) is 10.3. The maximum atomic E-state index is 10.3. The van der Waals surface area contributed by atoms with Crippen LogP contribution in [0.5, 0.6) is 0 Å². The fraction of sp³-hybridized carbons (Fsp3) is 0.625. The monoisotopic (exact) mass is 190 g/mol. The van der Waals surface area contributed by atoms with Crippen LogP contribution in [0.3, 0.4) is 0 Å². The van der Waals surface area contributed by atoms with Crippen molar-refractivity contribution in [2.45, 2.75) is 18.6 Å². The number of carbonyl (C=O) groups is 1. The molecule has 12 heavy (non-hydrogen) atoms. The highest BCUT2D eigenvalue weighted by Gasteiger charge is 2.07. The molecular formula is C8H14O3S. The number of hydrogen-bond donors (Lipinski definition) is 2. The van der Waals surface area contributed by atoms with Crippen LogP contribution in [0.15, 0.2) is 12.2 Å². The quantitative estimate of drug-likeness (QED) is 0.616. The first-order valence-electron chi connectivity index (χ1n) is 3.71. The Morgan fingerprint density at radius 1 is 1.67 bits per heavy atom. The standard InChI is InChI=1S/C8H14O3S/c1-6(8(10)11)5-12-7(2)3-4-9/h7,9H,1,3-5H2,2H3,(H,10,11). The first kappa shape index (κ1) is 11.5. The lowest BCUT2D eigenvalue weighted by molar-refractivity contribution is -0.132. The zero-order valence-corrected chi connectivity index (χ0v) is 7.93. The van der Waals surface area contributed by atoms with Gasteiger partial charge in [-0.25, -0.2) is 4.79 Å². The second-order valence-corrected chi connectivity index (χ2v) is 3.97. The van der Waals surface area contributed by atoms with Gasteiger partial charge in [-0.2, -0.15) is 11.8 Å². The van der Waals surface area contributed by atoms with Gasteiger partial charge in [0.15, 0.2) is 0 Å². The topological polar surface area (TPSA) is 57.5 Å². The zero-order valence-electron chi connectivity index (χ0n) is 7.12. The van der Waals surface area contributed by atoms with Gasteiger partial charge in [0.05, 0.1) is 0 Å². The van der Waals surface area contributed by atoms with Crippen molar-refractivity contribution in [1.29, 1.82) is 0 Å². The first-order valence-corrected chi connectivity index (χ1v) is 4.76. The summed E-state index contributed by atoms with van der Waals surface area (Å²) in [5, 5.41) is 17.3. The fourth-order valence-corrected chi connectivity index (χ4v) is 1.45. The van der Waals surface area contributed by atoms with Gasteiger partial charge in [0.25, 0.3) is 0 Å². The molecule has 4 heteroatoms. The predicted octanol–water partition coefficient (Wildman–Crippen LogP) is 1.13. The molecule has 0 radical (unpaired) electrons. The molecule has 1 atom stereocenters. The largest absolute Gasteiger partial charge is 0.478 e. The summed E-state index contributed by atoms with van der Waals surface area (Å²) in [5.41, 5.74) is 0.213. The molecule has 70 valence electrons. The lowest BCUT2D eigenvalue weighted by Gasteiger charge is -2.08. The number of carboxylic acids is 1. The van der Waals surface area contributed by atoms with E-state index in [4.69, 9.17) is 10.2 Å². The Hall–Kier alpha value is -0.480. The summed E-state index contributed by atoms with van der Waals surface area (Å²) in [6, 6.07) is 0. The summed E-state index contributed by atoms with van der Waals surface area (Å²) in [6.07, 6.45) is 0.692. The van der Waals surface area contributed by atoms with E-state index in [2.05, 4.69) is 6.58 Å². The maximum Gasteiger partial charge on any atom is 0.331 e. The number of aliphatic hydroxyl groups is 1. The zero-order chi connectivity index (χ0) is 9.56. The molecule has 0 heterocycles. The summed E-state index contributed by atoms with van der Waals surface area (Å²) in [6.45, 7) is 5.50. The van der Waals surface area contributed by atoms with Crippen LogP contribution in [0.2, 0.25) is 0 Å². The van der Waals surface area contributed by atoms with E-state index in [1.54, 1.807) is 0 Å². The SMILES string of the molecule is C=C(CSC(C)CCO)C(=O)O. The molecule has 0 aliphatic heterocycles. The van der Waals surface area contributed by atoms with Crippen LogP contribution in [-0.4, -0.2) is 33.8 Å². The van der Waals surface area contributed by atoms with Crippen LogP contribution >= 0.6 is 11.8 Å². The van der Waals surface area contributed by atoms with Crippen molar-refractivity contribution < 1.29 is 15.0 Å². The van der Waals surface area contributed by atoms with E-state index in [0.29, 0.717) is 12.2 Å². The maximum absolute atomic E-state index is 10.3. The van der Waals surface area contributed by atoms with E-state index >= 15 is 0 Å². The molecule has 1 unspecified atom stereocenters. The molecule has 0 aliphatic rings. The van der Waals surface area contributed by atoms with E-state index in [1.807, 2.05) is 6.92 Å². The Kier molecular flexibility index (Phi) is 5.84. The molecule has 0 rings (SSSR count). The van der Waals surface area contributed by atoms with Crippen LogP contribution in [0, 0.1) is 0 Å². The number of hydrogen-bond acceptors (Lipinski definition) is 3. The average molecular weight is 190 g/mol. The average Bonchev–Trinajstić information content (AvgIpc) is 2.00. The first-order chi connectivity index (χ1) is 5.57. The van der Waals surface area contributed by atoms with Crippen molar-refractivity contribution in [3.05, 3.63) is 12.2 Å². The third-order valence-electron chi connectivity index (χ3n) is 1.38. The summed E-state index contributed by atoms with van der Waals surface area (Å²) in [5.74, 6) is -0.519.